The Bertz CT molecular complexity index is 88.7. The summed E-state index contributed by atoms with van der Waals surface area (Å²) >= 11 is 0. The second-order valence-electron chi connectivity index (χ2n) is 1.75. The molecule has 0 aromatic heterocycles. The van der Waals surface area contributed by atoms with E-state index in [1.54, 1.807) is 0 Å². The molecular formula is C5H8N2+. The van der Waals surface area contributed by atoms with E-state index in [-0.39, 0.29) is 0 Å². The molecule has 1 fully saturated rings. The van der Waals surface area contributed by atoms with Crippen molar-refractivity contribution in [3.8, 4) is 6.07 Å². The number of hydrogen-bond donors (Lipinski definition) is 0. The van der Waals surface area contributed by atoms with E-state index in [0.29, 0.717) is 6.42 Å². The first-order valence-electron chi connectivity index (χ1n) is 2.53. The summed E-state index contributed by atoms with van der Waals surface area (Å²) < 4.78 is 0. The molecule has 0 aromatic rings. The van der Waals surface area contributed by atoms with Crippen LogP contribution in [0.5, 0.6) is 0 Å². The highest BCUT2D eigenvalue weighted by Crippen LogP contribution is 1.97. The summed E-state index contributed by atoms with van der Waals surface area (Å²) in [7, 11) is 0. The van der Waals surface area contributed by atoms with Crippen LogP contribution < -0.4 is 4.90 Å². The molecule has 1 rings (SSSR count). The van der Waals surface area contributed by atoms with Gasteiger partial charge in [-0.1, -0.05) is 0 Å². The van der Waals surface area contributed by atoms with Gasteiger partial charge in [0.2, 0.25) is 0 Å². The normalized spacial score (nSPS) is 18.7. The van der Waals surface area contributed by atoms with Crippen LogP contribution in [0.2, 0.25) is 0 Å². The predicted octanol–water partition coefficient (Wildman–Crippen LogP) is 0.0538. The molecule has 1 heterocycles. The largest absolute Gasteiger partial charge is 0.198 e. The molecule has 1 radical (unpaired) electrons. The third kappa shape index (κ3) is 1.56. The van der Waals surface area contributed by atoms with Gasteiger partial charge in [-0.2, -0.15) is 10.2 Å². The average molecular weight is 96.1 g/mol. The maximum atomic E-state index is 8.07. The van der Waals surface area contributed by atoms with E-state index in [9.17, 15) is 0 Å². The van der Waals surface area contributed by atoms with Crippen molar-refractivity contribution in [3.63, 3.8) is 0 Å². The number of hydrogen-bond acceptors (Lipinski definition) is 2. The molecule has 2 nitrogen and oxygen atoms in total. The number of nitriles is 1. The van der Waals surface area contributed by atoms with Crippen molar-refractivity contribution >= 4 is 0 Å². The van der Waals surface area contributed by atoms with Crippen LogP contribution in [-0.4, -0.2) is 19.6 Å². The van der Waals surface area contributed by atoms with Gasteiger partial charge < -0.3 is 0 Å². The van der Waals surface area contributed by atoms with Gasteiger partial charge in [-0.15, -0.1) is 0 Å². The molecule has 1 saturated heterocycles. The molecule has 0 amide bonds. The van der Waals surface area contributed by atoms with Crippen LogP contribution in [0.15, 0.2) is 0 Å². The second kappa shape index (κ2) is 1.94. The Morgan fingerprint density at radius 1 is 1.57 bits per heavy atom. The van der Waals surface area contributed by atoms with E-state index < -0.39 is 0 Å². The molecular weight excluding hydrogens is 88.1 g/mol. The van der Waals surface area contributed by atoms with Crippen LogP contribution in [0.3, 0.4) is 0 Å². The maximum Gasteiger partial charge on any atom is 0.176 e. The minimum Gasteiger partial charge on any atom is -0.198 e. The minimum atomic E-state index is 0.694. The molecule has 0 saturated carbocycles. The summed E-state index contributed by atoms with van der Waals surface area (Å²) in [6.07, 6.45) is 0.694. The fourth-order valence-corrected chi connectivity index (χ4v) is 0.502. The maximum absolute atomic E-state index is 8.07. The Hall–Kier alpha value is -0.550. The summed E-state index contributed by atoms with van der Waals surface area (Å²) in [6, 6.07) is 2.10. The van der Waals surface area contributed by atoms with Gasteiger partial charge in [0.1, 0.15) is 6.54 Å². The molecule has 1 aliphatic heterocycles. The lowest BCUT2D eigenvalue weighted by molar-refractivity contribution is 0.723. The Kier molecular flexibility index (Phi) is 1.28. The molecule has 0 bridgehead atoms. The summed E-state index contributed by atoms with van der Waals surface area (Å²) in [4.78, 5) is 2.24. The summed E-state index contributed by atoms with van der Waals surface area (Å²) in [5, 5.41) is 8.07. The topological polar surface area (TPSA) is 29.7 Å². The molecule has 0 aromatic carbocycles. The molecule has 0 unspecified atom stereocenters. The zero-order chi connectivity index (χ0) is 5.11. The van der Waals surface area contributed by atoms with Crippen LogP contribution in [0.4, 0.5) is 0 Å². The summed E-state index contributed by atoms with van der Waals surface area (Å²) in [5.74, 6) is 0. The van der Waals surface area contributed by atoms with Crippen molar-refractivity contribution in [2.45, 2.75) is 6.42 Å². The van der Waals surface area contributed by atoms with E-state index in [1.807, 2.05) is 0 Å². The van der Waals surface area contributed by atoms with Gasteiger partial charge in [0, 0.05) is 0 Å². The first kappa shape index (κ1) is 4.61. The van der Waals surface area contributed by atoms with E-state index >= 15 is 0 Å². The van der Waals surface area contributed by atoms with Gasteiger partial charge in [0.05, 0.1) is 12.5 Å². The van der Waals surface area contributed by atoms with E-state index in [0.717, 1.165) is 6.54 Å². The van der Waals surface area contributed by atoms with Crippen LogP contribution in [0, 0.1) is 11.3 Å². The Labute approximate surface area is 43.3 Å². The molecule has 0 N–H and O–H groups in total. The van der Waals surface area contributed by atoms with Crippen molar-refractivity contribution < 1.29 is 0 Å². The summed E-state index contributed by atoms with van der Waals surface area (Å²) in [5.41, 5.74) is 0. The predicted molar refractivity (Wildman–Crippen MR) is 27.0 cm³/mol. The molecule has 7 heavy (non-hydrogen) atoms. The molecule has 37 valence electrons. The zero-order valence-electron chi connectivity index (χ0n) is 4.22. The van der Waals surface area contributed by atoms with E-state index in [2.05, 4.69) is 11.0 Å². The highest BCUT2D eigenvalue weighted by Gasteiger charge is 2.29. The zero-order valence-corrected chi connectivity index (χ0v) is 4.22. The van der Waals surface area contributed by atoms with Crippen molar-refractivity contribution in [1.29, 1.82) is 5.26 Å². The van der Waals surface area contributed by atoms with Crippen molar-refractivity contribution in [2.24, 2.45) is 0 Å². The van der Waals surface area contributed by atoms with E-state index in [4.69, 9.17) is 5.26 Å². The SMILES string of the molecule is N#CCC[N+]1CC1. The van der Waals surface area contributed by atoms with Crippen molar-refractivity contribution in [2.75, 3.05) is 19.6 Å². The first-order valence-corrected chi connectivity index (χ1v) is 2.53. The van der Waals surface area contributed by atoms with Gasteiger partial charge >= 0.3 is 0 Å². The van der Waals surface area contributed by atoms with Crippen LogP contribution in [0.25, 0.3) is 0 Å². The lowest BCUT2D eigenvalue weighted by atomic mass is 10.5. The van der Waals surface area contributed by atoms with Crippen molar-refractivity contribution in [3.05, 3.63) is 0 Å². The lowest BCUT2D eigenvalue weighted by Gasteiger charge is -1.76. The standard InChI is InChI=1S/C5H8N2/c6-2-1-3-7-4-5-7/h1,3-5H2/q+1. The molecule has 1 aliphatic rings. The monoisotopic (exact) mass is 96.1 g/mol. The number of nitrogens with zero attached hydrogens (tertiary/aromatic N) is 2. The molecule has 0 atom stereocenters. The fraction of sp³-hybridized carbons (Fsp3) is 0.800. The second-order valence-corrected chi connectivity index (χ2v) is 1.75. The van der Waals surface area contributed by atoms with E-state index in [1.165, 1.54) is 13.1 Å². The number of rotatable bonds is 2. The fourth-order valence-electron chi connectivity index (χ4n) is 0.502. The smallest absolute Gasteiger partial charge is 0.176 e. The Morgan fingerprint density at radius 3 is 2.71 bits per heavy atom. The van der Waals surface area contributed by atoms with Crippen LogP contribution in [0.1, 0.15) is 6.42 Å². The highest BCUT2D eigenvalue weighted by atomic mass is 15.2. The quantitative estimate of drug-likeness (QED) is 0.353. The molecule has 0 spiro atoms. The lowest BCUT2D eigenvalue weighted by Crippen LogP contribution is -2.02. The van der Waals surface area contributed by atoms with Crippen molar-refractivity contribution in [1.82, 2.24) is 4.90 Å². The summed E-state index contributed by atoms with van der Waals surface area (Å²) in [6.45, 7) is 3.40. The molecule has 0 aliphatic carbocycles. The van der Waals surface area contributed by atoms with Gasteiger partial charge in [0.15, 0.2) is 13.1 Å². The Morgan fingerprint density at radius 2 is 2.29 bits per heavy atom. The Balaban J connectivity index is 1.91. The van der Waals surface area contributed by atoms with Gasteiger partial charge in [-0.25, -0.2) is 0 Å². The first-order chi connectivity index (χ1) is 3.43. The molecule has 2 heteroatoms. The minimum absolute atomic E-state index is 0.694. The van der Waals surface area contributed by atoms with Gasteiger partial charge in [-0.3, -0.25) is 0 Å². The van der Waals surface area contributed by atoms with Gasteiger partial charge in [-0.05, 0) is 0 Å². The average Bonchev–Trinajstić information content (AvgIpc) is 2.42. The van der Waals surface area contributed by atoms with Crippen LogP contribution in [-0.2, 0) is 0 Å². The third-order valence-corrected chi connectivity index (χ3v) is 1.08. The highest BCUT2D eigenvalue weighted by molar-refractivity contribution is 4.83. The van der Waals surface area contributed by atoms with Gasteiger partial charge in [0.25, 0.3) is 0 Å². The van der Waals surface area contributed by atoms with Crippen LogP contribution >= 0.6 is 0 Å². The third-order valence-electron chi connectivity index (χ3n) is 1.08.